The van der Waals surface area contributed by atoms with Crippen LogP contribution >= 0.6 is 0 Å². The number of allylic oxidation sites excluding steroid dienone is 1. The number of nitrogens with one attached hydrogen (secondary N) is 1. The van der Waals surface area contributed by atoms with Gasteiger partial charge in [0, 0.05) is 13.6 Å². The number of rotatable bonds is 9. The molecule has 170 valence electrons. The first-order chi connectivity index (χ1) is 15.8. The van der Waals surface area contributed by atoms with E-state index in [1.54, 1.807) is 31.3 Å². The van der Waals surface area contributed by atoms with E-state index in [1.807, 2.05) is 53.3 Å². The first-order valence-electron chi connectivity index (χ1n) is 10.4. The van der Waals surface area contributed by atoms with Crippen LogP contribution in [0.4, 0.5) is 0 Å². The van der Waals surface area contributed by atoms with Crippen molar-refractivity contribution < 1.29 is 18.0 Å². The molecule has 0 aliphatic carbocycles. The lowest BCUT2D eigenvalue weighted by Gasteiger charge is -2.23. The third-order valence-corrected chi connectivity index (χ3v) is 6.14. The van der Waals surface area contributed by atoms with Gasteiger partial charge in [-0.15, -0.1) is 6.58 Å². The predicted octanol–water partition coefficient (Wildman–Crippen LogP) is 4.11. The maximum absolute atomic E-state index is 13.1. The van der Waals surface area contributed by atoms with Crippen LogP contribution in [0, 0.1) is 5.92 Å². The monoisotopic (exact) mass is 462 g/mol. The van der Waals surface area contributed by atoms with Gasteiger partial charge in [0.15, 0.2) is 0 Å². The van der Waals surface area contributed by atoms with Crippen LogP contribution in [0.5, 0.6) is 0 Å². The van der Waals surface area contributed by atoms with E-state index in [4.69, 9.17) is 0 Å². The Morgan fingerprint density at radius 3 is 2.39 bits per heavy atom. The van der Waals surface area contributed by atoms with E-state index in [0.29, 0.717) is 5.56 Å². The van der Waals surface area contributed by atoms with Gasteiger partial charge in [0.25, 0.3) is 10.0 Å². The molecule has 2 amide bonds. The second-order valence-electron chi connectivity index (χ2n) is 7.63. The second kappa shape index (κ2) is 10.7. The van der Waals surface area contributed by atoms with Crippen molar-refractivity contribution in [3.05, 3.63) is 102 Å². The summed E-state index contributed by atoms with van der Waals surface area (Å²) in [6, 6.07) is 22.5. The van der Waals surface area contributed by atoms with Gasteiger partial charge in [-0.3, -0.25) is 9.59 Å². The summed E-state index contributed by atoms with van der Waals surface area (Å²) in [6.07, 6.45) is 2.83. The molecule has 3 aromatic rings. The summed E-state index contributed by atoms with van der Waals surface area (Å²) in [4.78, 5) is 27.3. The Bertz CT molecular complexity index is 1280. The molecule has 0 radical (unpaired) electrons. The van der Waals surface area contributed by atoms with Crippen LogP contribution in [0.25, 0.3) is 16.8 Å². The highest BCUT2D eigenvalue weighted by Gasteiger charge is 2.30. The molecule has 1 N–H and O–H groups in total. The minimum Gasteiger partial charge on any atom is -0.341 e. The van der Waals surface area contributed by atoms with Crippen molar-refractivity contribution in [2.45, 2.75) is 13.0 Å². The van der Waals surface area contributed by atoms with Crippen molar-refractivity contribution in [1.82, 2.24) is 9.62 Å². The summed E-state index contributed by atoms with van der Waals surface area (Å²) in [5, 5.41) is 2.97. The zero-order valence-electron chi connectivity index (χ0n) is 18.3. The molecular formula is C26H26N2O4S. The van der Waals surface area contributed by atoms with Crippen LogP contribution < -0.4 is 4.72 Å². The second-order valence-corrected chi connectivity index (χ2v) is 9.20. The average Bonchev–Trinajstić information content (AvgIpc) is 2.81. The summed E-state index contributed by atoms with van der Waals surface area (Å²) in [5.41, 5.74) is 1.60. The van der Waals surface area contributed by atoms with E-state index in [2.05, 4.69) is 6.58 Å². The van der Waals surface area contributed by atoms with Gasteiger partial charge in [-0.25, -0.2) is 13.1 Å². The number of benzene rings is 3. The first-order valence-corrected chi connectivity index (χ1v) is 12.0. The molecule has 0 fully saturated rings. The number of fused-ring (bicyclic) bond motifs is 1. The highest BCUT2D eigenvalue weighted by Crippen LogP contribution is 2.21. The standard InChI is InChI=1S/C26H26N2O4S/c1-3-10-24(25(29)27-33(31,32)18-17-20-11-5-4-6-12-20)26(30)28(2)19-22-15-9-14-21-13-7-8-16-23(21)22/h3-9,11-18,24H,1,10,19H2,2H3,(H,27,29). The first kappa shape index (κ1) is 23.9. The molecule has 6 nitrogen and oxygen atoms in total. The minimum atomic E-state index is -4.07. The van der Waals surface area contributed by atoms with Crippen LogP contribution in [-0.4, -0.2) is 32.2 Å². The quantitative estimate of drug-likeness (QED) is 0.383. The van der Waals surface area contributed by atoms with Gasteiger partial charge < -0.3 is 4.90 Å². The van der Waals surface area contributed by atoms with Gasteiger partial charge in [-0.2, -0.15) is 0 Å². The van der Waals surface area contributed by atoms with Crippen molar-refractivity contribution in [2.24, 2.45) is 5.92 Å². The topological polar surface area (TPSA) is 83.5 Å². The number of hydrogen-bond acceptors (Lipinski definition) is 4. The minimum absolute atomic E-state index is 0.0163. The number of amides is 2. The van der Waals surface area contributed by atoms with Crippen molar-refractivity contribution in [3.8, 4) is 0 Å². The molecule has 0 saturated carbocycles. The van der Waals surface area contributed by atoms with Gasteiger partial charge in [0.1, 0.15) is 5.92 Å². The lowest BCUT2D eigenvalue weighted by atomic mass is 10.0. The Labute approximate surface area is 194 Å². The Morgan fingerprint density at radius 1 is 1.00 bits per heavy atom. The number of carbonyl (C=O) groups is 2. The fourth-order valence-electron chi connectivity index (χ4n) is 3.49. The summed E-state index contributed by atoms with van der Waals surface area (Å²) in [6.45, 7) is 3.89. The summed E-state index contributed by atoms with van der Waals surface area (Å²) in [5.74, 6) is -2.58. The van der Waals surface area contributed by atoms with E-state index in [-0.39, 0.29) is 13.0 Å². The lowest BCUT2D eigenvalue weighted by Crippen LogP contribution is -2.43. The predicted molar refractivity (Wildman–Crippen MR) is 131 cm³/mol. The third-order valence-electron chi connectivity index (χ3n) is 5.16. The molecule has 7 heteroatoms. The van der Waals surface area contributed by atoms with E-state index in [0.717, 1.165) is 21.7 Å². The van der Waals surface area contributed by atoms with E-state index >= 15 is 0 Å². The molecule has 1 atom stereocenters. The maximum atomic E-state index is 13.1. The van der Waals surface area contributed by atoms with E-state index in [9.17, 15) is 18.0 Å². The van der Waals surface area contributed by atoms with E-state index < -0.39 is 27.8 Å². The van der Waals surface area contributed by atoms with Gasteiger partial charge in [0.05, 0.1) is 5.41 Å². The molecule has 3 aromatic carbocycles. The number of sulfonamides is 1. The summed E-state index contributed by atoms with van der Waals surface area (Å²) in [7, 11) is -2.48. The van der Waals surface area contributed by atoms with Crippen LogP contribution in [0.15, 0.2) is 90.9 Å². The SMILES string of the molecule is C=CCC(C(=O)NS(=O)(=O)C=Cc1ccccc1)C(=O)N(C)Cc1cccc2ccccc12. The summed E-state index contributed by atoms with van der Waals surface area (Å²) >= 11 is 0. The Kier molecular flexibility index (Phi) is 7.79. The van der Waals surface area contributed by atoms with Crippen LogP contribution in [-0.2, 0) is 26.2 Å². The number of hydrogen-bond donors (Lipinski definition) is 1. The zero-order valence-corrected chi connectivity index (χ0v) is 19.2. The van der Waals surface area contributed by atoms with E-state index in [1.165, 1.54) is 17.1 Å². The normalized spacial score (nSPS) is 12.4. The maximum Gasteiger partial charge on any atom is 0.257 e. The molecule has 0 saturated heterocycles. The molecule has 33 heavy (non-hydrogen) atoms. The summed E-state index contributed by atoms with van der Waals surface area (Å²) < 4.78 is 26.8. The molecule has 0 bridgehead atoms. The molecule has 0 aromatic heterocycles. The average molecular weight is 463 g/mol. The van der Waals surface area contributed by atoms with Gasteiger partial charge in [-0.1, -0.05) is 78.9 Å². The number of carbonyl (C=O) groups excluding carboxylic acids is 2. The Hall–Kier alpha value is -3.71. The van der Waals surface area contributed by atoms with Crippen LogP contribution in [0.1, 0.15) is 17.5 Å². The highest BCUT2D eigenvalue weighted by molar-refractivity contribution is 7.93. The fourth-order valence-corrected chi connectivity index (χ4v) is 4.32. The fraction of sp³-hybridized carbons (Fsp3) is 0.154. The molecule has 1 unspecified atom stereocenters. The third kappa shape index (κ3) is 6.40. The largest absolute Gasteiger partial charge is 0.341 e. The highest BCUT2D eigenvalue weighted by atomic mass is 32.2. The van der Waals surface area contributed by atoms with Crippen LogP contribution in [0.2, 0.25) is 0 Å². The van der Waals surface area contributed by atoms with Crippen LogP contribution in [0.3, 0.4) is 0 Å². The van der Waals surface area contributed by atoms with Crippen molar-refractivity contribution in [1.29, 1.82) is 0 Å². The molecule has 0 aliphatic rings. The smallest absolute Gasteiger partial charge is 0.257 e. The van der Waals surface area contributed by atoms with Crippen molar-refractivity contribution in [3.63, 3.8) is 0 Å². The van der Waals surface area contributed by atoms with Gasteiger partial charge in [-0.05, 0) is 34.4 Å². The van der Waals surface area contributed by atoms with Gasteiger partial charge >= 0.3 is 0 Å². The Balaban J connectivity index is 1.73. The van der Waals surface area contributed by atoms with Crippen molar-refractivity contribution >= 4 is 38.7 Å². The molecular weight excluding hydrogens is 436 g/mol. The lowest BCUT2D eigenvalue weighted by molar-refractivity contribution is -0.140. The Morgan fingerprint density at radius 2 is 1.67 bits per heavy atom. The molecule has 0 heterocycles. The molecule has 3 rings (SSSR count). The zero-order chi connectivity index (χ0) is 23.8. The van der Waals surface area contributed by atoms with Gasteiger partial charge in [0.2, 0.25) is 11.8 Å². The molecule has 0 aliphatic heterocycles. The number of nitrogens with zero attached hydrogens (tertiary/aromatic N) is 1. The molecule has 0 spiro atoms. The van der Waals surface area contributed by atoms with Crippen molar-refractivity contribution in [2.75, 3.05) is 7.05 Å².